The Morgan fingerprint density at radius 2 is 2.00 bits per heavy atom. The molecule has 2 rings (SSSR count). The SMILES string of the molecule is Cc1nn(C)c(C)c1CC(=O)c1ccn(C)n1. The first kappa shape index (κ1) is 11.6. The molecule has 0 aliphatic rings. The van der Waals surface area contributed by atoms with Gasteiger partial charge in [0.2, 0.25) is 0 Å². The molecule has 2 aromatic rings. The third kappa shape index (κ3) is 2.13. The third-order valence-corrected chi connectivity index (χ3v) is 3.00. The summed E-state index contributed by atoms with van der Waals surface area (Å²) >= 11 is 0. The first-order valence-corrected chi connectivity index (χ1v) is 5.51. The summed E-state index contributed by atoms with van der Waals surface area (Å²) in [5.74, 6) is 0.0322. The molecule has 0 aromatic carbocycles. The maximum Gasteiger partial charge on any atom is 0.187 e. The number of rotatable bonds is 3. The van der Waals surface area contributed by atoms with Crippen molar-refractivity contribution in [3.63, 3.8) is 0 Å². The largest absolute Gasteiger partial charge is 0.292 e. The van der Waals surface area contributed by atoms with Gasteiger partial charge in [-0.1, -0.05) is 0 Å². The van der Waals surface area contributed by atoms with E-state index < -0.39 is 0 Å². The number of hydrogen-bond acceptors (Lipinski definition) is 3. The molecular weight excluding hydrogens is 216 g/mol. The van der Waals surface area contributed by atoms with E-state index in [1.165, 1.54) is 0 Å². The summed E-state index contributed by atoms with van der Waals surface area (Å²) in [6, 6.07) is 1.74. The molecule has 0 aliphatic heterocycles. The van der Waals surface area contributed by atoms with Gasteiger partial charge in [0.25, 0.3) is 0 Å². The molecule has 5 nitrogen and oxygen atoms in total. The highest BCUT2D eigenvalue weighted by Crippen LogP contribution is 2.14. The Morgan fingerprint density at radius 1 is 1.29 bits per heavy atom. The fourth-order valence-corrected chi connectivity index (χ4v) is 1.89. The van der Waals surface area contributed by atoms with Crippen LogP contribution < -0.4 is 0 Å². The van der Waals surface area contributed by atoms with E-state index in [0.29, 0.717) is 12.1 Å². The molecule has 0 amide bonds. The molecule has 0 unspecified atom stereocenters. The smallest absolute Gasteiger partial charge is 0.187 e. The number of nitrogens with zero attached hydrogens (tertiary/aromatic N) is 4. The Morgan fingerprint density at radius 3 is 2.47 bits per heavy atom. The zero-order valence-electron chi connectivity index (χ0n) is 10.6. The highest BCUT2D eigenvalue weighted by atomic mass is 16.1. The van der Waals surface area contributed by atoms with Crippen molar-refractivity contribution in [1.29, 1.82) is 0 Å². The molecule has 0 bridgehead atoms. The fourth-order valence-electron chi connectivity index (χ4n) is 1.89. The van der Waals surface area contributed by atoms with Crippen LogP contribution in [0.15, 0.2) is 12.3 Å². The summed E-state index contributed by atoms with van der Waals surface area (Å²) in [5, 5.41) is 8.41. The number of hydrogen-bond donors (Lipinski definition) is 0. The minimum Gasteiger partial charge on any atom is -0.292 e. The van der Waals surface area contributed by atoms with Gasteiger partial charge in [-0.05, 0) is 19.9 Å². The van der Waals surface area contributed by atoms with E-state index in [2.05, 4.69) is 10.2 Å². The molecule has 0 saturated carbocycles. The predicted octanol–water partition coefficient (Wildman–Crippen LogP) is 1.20. The highest BCUT2D eigenvalue weighted by Gasteiger charge is 2.16. The quantitative estimate of drug-likeness (QED) is 0.747. The summed E-state index contributed by atoms with van der Waals surface area (Å²) in [6.07, 6.45) is 2.14. The second kappa shape index (κ2) is 4.16. The Balaban J connectivity index is 2.24. The molecule has 0 atom stereocenters. The molecule has 17 heavy (non-hydrogen) atoms. The van der Waals surface area contributed by atoms with Crippen LogP contribution in [0.4, 0.5) is 0 Å². The lowest BCUT2D eigenvalue weighted by molar-refractivity contribution is 0.0987. The van der Waals surface area contributed by atoms with Crippen molar-refractivity contribution in [1.82, 2.24) is 19.6 Å². The van der Waals surface area contributed by atoms with Crippen molar-refractivity contribution in [3.05, 3.63) is 34.9 Å². The highest BCUT2D eigenvalue weighted by molar-refractivity contribution is 5.95. The Kier molecular flexibility index (Phi) is 2.83. The molecular formula is C12H16N4O. The van der Waals surface area contributed by atoms with Crippen molar-refractivity contribution in [2.24, 2.45) is 14.1 Å². The van der Waals surface area contributed by atoms with Crippen LogP contribution in [-0.2, 0) is 20.5 Å². The summed E-state index contributed by atoms with van der Waals surface area (Å²) in [7, 11) is 3.69. The number of Topliss-reactive ketones (excluding diaryl/α,β-unsaturated/α-hetero) is 1. The normalized spacial score (nSPS) is 10.8. The second-order valence-corrected chi connectivity index (χ2v) is 4.25. The van der Waals surface area contributed by atoms with Crippen molar-refractivity contribution >= 4 is 5.78 Å². The van der Waals surface area contributed by atoms with Gasteiger partial charge < -0.3 is 0 Å². The molecule has 5 heteroatoms. The van der Waals surface area contributed by atoms with Crippen molar-refractivity contribution in [2.75, 3.05) is 0 Å². The molecule has 0 fully saturated rings. The lowest BCUT2D eigenvalue weighted by Crippen LogP contribution is -2.07. The average Bonchev–Trinajstić information content (AvgIpc) is 2.79. The summed E-state index contributed by atoms with van der Waals surface area (Å²) in [6.45, 7) is 3.90. The van der Waals surface area contributed by atoms with Crippen LogP contribution in [0.1, 0.15) is 27.4 Å². The monoisotopic (exact) mass is 232 g/mol. The van der Waals surface area contributed by atoms with E-state index in [-0.39, 0.29) is 5.78 Å². The summed E-state index contributed by atoms with van der Waals surface area (Å²) in [5.41, 5.74) is 3.46. The van der Waals surface area contributed by atoms with Gasteiger partial charge in [0.15, 0.2) is 5.78 Å². The van der Waals surface area contributed by atoms with Gasteiger partial charge in [0, 0.05) is 38.0 Å². The van der Waals surface area contributed by atoms with Gasteiger partial charge in [-0.25, -0.2) is 0 Å². The van der Waals surface area contributed by atoms with Gasteiger partial charge in [-0.3, -0.25) is 14.2 Å². The second-order valence-electron chi connectivity index (χ2n) is 4.25. The van der Waals surface area contributed by atoms with E-state index in [4.69, 9.17) is 0 Å². The zero-order valence-corrected chi connectivity index (χ0v) is 10.6. The number of aryl methyl sites for hydroxylation is 3. The molecule has 0 radical (unpaired) electrons. The van der Waals surface area contributed by atoms with E-state index in [1.54, 1.807) is 28.7 Å². The number of carbonyl (C=O) groups excluding carboxylic acids is 1. The topological polar surface area (TPSA) is 52.7 Å². The first-order chi connectivity index (χ1) is 7.99. The molecule has 0 N–H and O–H groups in total. The van der Waals surface area contributed by atoms with E-state index in [9.17, 15) is 4.79 Å². The molecule has 2 aromatic heterocycles. The Hall–Kier alpha value is -1.91. The van der Waals surface area contributed by atoms with E-state index in [1.807, 2.05) is 20.9 Å². The summed E-state index contributed by atoms with van der Waals surface area (Å²) in [4.78, 5) is 12.0. The number of carbonyl (C=O) groups is 1. The number of ketones is 1. The Labute approximate surface area is 100 Å². The van der Waals surface area contributed by atoms with Crippen LogP contribution in [0.5, 0.6) is 0 Å². The van der Waals surface area contributed by atoms with E-state index in [0.717, 1.165) is 17.0 Å². The Bertz CT molecular complexity index is 565. The fraction of sp³-hybridized carbons (Fsp3) is 0.417. The van der Waals surface area contributed by atoms with Gasteiger partial charge in [-0.15, -0.1) is 0 Å². The van der Waals surface area contributed by atoms with Crippen molar-refractivity contribution in [3.8, 4) is 0 Å². The lowest BCUT2D eigenvalue weighted by Gasteiger charge is -1.99. The van der Waals surface area contributed by atoms with Crippen molar-refractivity contribution < 1.29 is 4.79 Å². The van der Waals surface area contributed by atoms with Gasteiger partial charge in [0.05, 0.1) is 5.69 Å². The molecule has 0 spiro atoms. The van der Waals surface area contributed by atoms with Gasteiger partial charge in [0.1, 0.15) is 5.69 Å². The third-order valence-electron chi connectivity index (χ3n) is 3.00. The lowest BCUT2D eigenvalue weighted by atomic mass is 10.1. The van der Waals surface area contributed by atoms with Crippen LogP contribution >= 0.6 is 0 Å². The predicted molar refractivity (Wildman–Crippen MR) is 63.9 cm³/mol. The van der Waals surface area contributed by atoms with Crippen molar-refractivity contribution in [2.45, 2.75) is 20.3 Å². The molecule has 0 saturated heterocycles. The van der Waals surface area contributed by atoms with Crippen LogP contribution in [0.25, 0.3) is 0 Å². The first-order valence-electron chi connectivity index (χ1n) is 5.51. The van der Waals surface area contributed by atoms with Crippen LogP contribution in [0.2, 0.25) is 0 Å². The maximum atomic E-state index is 12.0. The molecule has 90 valence electrons. The molecule has 2 heterocycles. The molecule has 0 aliphatic carbocycles. The minimum absolute atomic E-state index is 0.0322. The van der Waals surface area contributed by atoms with Gasteiger partial charge >= 0.3 is 0 Å². The maximum absolute atomic E-state index is 12.0. The van der Waals surface area contributed by atoms with E-state index >= 15 is 0 Å². The van der Waals surface area contributed by atoms with Crippen LogP contribution in [0.3, 0.4) is 0 Å². The minimum atomic E-state index is 0.0322. The van der Waals surface area contributed by atoms with Gasteiger partial charge in [-0.2, -0.15) is 10.2 Å². The zero-order chi connectivity index (χ0) is 12.6. The van der Waals surface area contributed by atoms with Crippen LogP contribution in [-0.4, -0.2) is 25.3 Å². The average molecular weight is 232 g/mol. The van der Waals surface area contributed by atoms with Crippen LogP contribution in [0, 0.1) is 13.8 Å². The summed E-state index contributed by atoms with van der Waals surface area (Å²) < 4.78 is 3.44. The number of aromatic nitrogens is 4. The standard InChI is InChI=1S/C12H16N4O/c1-8-10(9(2)16(4)13-8)7-12(17)11-5-6-15(3)14-11/h5-6H,7H2,1-4H3.